The highest BCUT2D eigenvalue weighted by atomic mass is 16.5. The SMILES string of the molecule is Cn1cc([C@H]2[C@H](CN3CCCCC3)OCCN2C(=O)C2CCOCC2)cn1. The van der Waals surface area contributed by atoms with Gasteiger partial charge in [-0.05, 0) is 38.8 Å². The predicted molar refractivity (Wildman–Crippen MR) is 101 cm³/mol. The van der Waals surface area contributed by atoms with Crippen LogP contribution in [0.5, 0.6) is 0 Å². The molecule has 0 radical (unpaired) electrons. The summed E-state index contributed by atoms with van der Waals surface area (Å²) in [7, 11) is 1.93. The Morgan fingerprint density at radius 2 is 1.93 bits per heavy atom. The molecule has 0 N–H and O–H groups in total. The number of nitrogens with zero attached hydrogens (tertiary/aromatic N) is 4. The lowest BCUT2D eigenvalue weighted by Gasteiger charge is -2.44. The van der Waals surface area contributed by atoms with Gasteiger partial charge in [-0.15, -0.1) is 0 Å². The summed E-state index contributed by atoms with van der Waals surface area (Å²) in [6.45, 7) is 5.81. The van der Waals surface area contributed by atoms with Gasteiger partial charge in [-0.2, -0.15) is 5.10 Å². The molecule has 1 aromatic heterocycles. The lowest BCUT2D eigenvalue weighted by Crippen LogP contribution is -2.53. The first-order valence-corrected chi connectivity index (χ1v) is 10.4. The highest BCUT2D eigenvalue weighted by Crippen LogP contribution is 2.33. The summed E-state index contributed by atoms with van der Waals surface area (Å²) in [6, 6.07) is -0.0512. The van der Waals surface area contributed by atoms with E-state index in [1.807, 2.05) is 24.1 Å². The number of amides is 1. The Hall–Kier alpha value is -1.44. The average Bonchev–Trinajstić information content (AvgIpc) is 3.14. The first kappa shape index (κ1) is 18.9. The largest absolute Gasteiger partial charge is 0.381 e. The van der Waals surface area contributed by atoms with E-state index in [1.54, 1.807) is 0 Å². The predicted octanol–water partition coefficient (Wildman–Crippen LogP) is 1.60. The molecule has 4 heterocycles. The number of rotatable bonds is 4. The summed E-state index contributed by atoms with van der Waals surface area (Å²) in [5.41, 5.74) is 1.08. The third-order valence-electron chi connectivity index (χ3n) is 6.16. The summed E-state index contributed by atoms with van der Waals surface area (Å²) < 4.78 is 13.5. The minimum absolute atomic E-state index is 0.00448. The molecule has 7 heteroatoms. The second-order valence-corrected chi connectivity index (χ2v) is 8.08. The van der Waals surface area contributed by atoms with E-state index in [9.17, 15) is 4.79 Å². The Labute approximate surface area is 161 Å². The van der Waals surface area contributed by atoms with Crippen LogP contribution in [0.1, 0.15) is 43.7 Å². The van der Waals surface area contributed by atoms with Gasteiger partial charge in [0.25, 0.3) is 0 Å². The first-order chi connectivity index (χ1) is 13.2. The number of hydrogen-bond donors (Lipinski definition) is 0. The maximum absolute atomic E-state index is 13.4. The summed E-state index contributed by atoms with van der Waals surface area (Å²) in [4.78, 5) is 17.9. The van der Waals surface area contributed by atoms with Gasteiger partial charge in [-0.3, -0.25) is 9.48 Å². The van der Waals surface area contributed by atoms with E-state index >= 15 is 0 Å². The van der Waals surface area contributed by atoms with Gasteiger partial charge in [0, 0.05) is 51.0 Å². The monoisotopic (exact) mass is 376 g/mol. The number of likely N-dealkylation sites (tertiary alicyclic amines) is 1. The van der Waals surface area contributed by atoms with Gasteiger partial charge in [-0.25, -0.2) is 0 Å². The standard InChI is InChI=1S/C20H32N4O3/c1-22-14-17(13-21-22)19-18(15-23-7-3-2-4-8-23)27-12-9-24(19)20(25)16-5-10-26-11-6-16/h13-14,16,18-19H,2-12,15H2,1H3/t18-,19-/m0/s1. The summed E-state index contributed by atoms with van der Waals surface area (Å²) in [6.07, 6.45) is 9.43. The van der Waals surface area contributed by atoms with Crippen LogP contribution in [0, 0.1) is 5.92 Å². The summed E-state index contributed by atoms with van der Waals surface area (Å²) >= 11 is 0. The average molecular weight is 377 g/mol. The fourth-order valence-corrected chi connectivity index (χ4v) is 4.70. The van der Waals surface area contributed by atoms with Crippen LogP contribution in [-0.4, -0.2) is 77.6 Å². The van der Waals surface area contributed by atoms with Crippen molar-refractivity contribution in [1.29, 1.82) is 0 Å². The van der Waals surface area contributed by atoms with Crippen LogP contribution < -0.4 is 0 Å². The molecule has 3 saturated heterocycles. The molecule has 0 bridgehead atoms. The molecule has 4 rings (SSSR count). The van der Waals surface area contributed by atoms with Crippen molar-refractivity contribution >= 4 is 5.91 Å². The molecule has 0 saturated carbocycles. The summed E-state index contributed by atoms with van der Waals surface area (Å²) in [5, 5.41) is 4.37. The fourth-order valence-electron chi connectivity index (χ4n) is 4.70. The van der Waals surface area contributed by atoms with E-state index in [0.29, 0.717) is 26.4 Å². The fraction of sp³-hybridized carbons (Fsp3) is 0.800. The zero-order valence-electron chi connectivity index (χ0n) is 16.4. The van der Waals surface area contributed by atoms with Crippen LogP contribution >= 0.6 is 0 Å². The van der Waals surface area contributed by atoms with E-state index in [-0.39, 0.29) is 24.0 Å². The Morgan fingerprint density at radius 3 is 2.63 bits per heavy atom. The molecule has 1 aromatic rings. The molecule has 0 unspecified atom stereocenters. The Kier molecular flexibility index (Phi) is 6.10. The second kappa shape index (κ2) is 8.71. The van der Waals surface area contributed by atoms with Gasteiger partial charge in [0.1, 0.15) is 0 Å². The van der Waals surface area contributed by atoms with Gasteiger partial charge in [0.2, 0.25) is 5.91 Å². The highest BCUT2D eigenvalue weighted by molar-refractivity contribution is 5.79. The first-order valence-electron chi connectivity index (χ1n) is 10.4. The quantitative estimate of drug-likeness (QED) is 0.799. The van der Waals surface area contributed by atoms with Gasteiger partial charge in [-0.1, -0.05) is 6.42 Å². The van der Waals surface area contributed by atoms with Crippen LogP contribution in [-0.2, 0) is 21.3 Å². The van der Waals surface area contributed by atoms with Gasteiger partial charge < -0.3 is 19.3 Å². The molecule has 3 fully saturated rings. The van der Waals surface area contributed by atoms with Crippen LogP contribution in [0.25, 0.3) is 0 Å². The molecule has 0 aromatic carbocycles. The smallest absolute Gasteiger partial charge is 0.226 e. The number of aromatic nitrogens is 2. The molecular weight excluding hydrogens is 344 g/mol. The lowest BCUT2D eigenvalue weighted by molar-refractivity contribution is -0.155. The van der Waals surface area contributed by atoms with Crippen LogP contribution in [0.2, 0.25) is 0 Å². The van der Waals surface area contributed by atoms with Gasteiger partial charge in [0.15, 0.2) is 0 Å². The molecule has 1 amide bonds. The zero-order chi connectivity index (χ0) is 18.6. The Balaban J connectivity index is 1.55. The molecule has 0 spiro atoms. The minimum Gasteiger partial charge on any atom is -0.381 e. The van der Waals surface area contributed by atoms with Crippen molar-refractivity contribution in [3.63, 3.8) is 0 Å². The number of ether oxygens (including phenoxy) is 2. The molecule has 7 nitrogen and oxygen atoms in total. The molecule has 2 atom stereocenters. The Bertz CT molecular complexity index is 622. The van der Waals surface area contributed by atoms with Gasteiger partial charge >= 0.3 is 0 Å². The topological polar surface area (TPSA) is 59.8 Å². The minimum atomic E-state index is -0.0512. The summed E-state index contributed by atoms with van der Waals surface area (Å²) in [5.74, 6) is 0.339. The van der Waals surface area contributed by atoms with E-state index in [0.717, 1.165) is 38.0 Å². The van der Waals surface area contributed by atoms with E-state index in [2.05, 4.69) is 14.9 Å². The lowest BCUT2D eigenvalue weighted by atomic mass is 9.94. The number of aryl methyl sites for hydroxylation is 1. The Morgan fingerprint density at radius 1 is 1.15 bits per heavy atom. The number of carbonyl (C=O) groups is 1. The normalized spacial score (nSPS) is 28.4. The highest BCUT2D eigenvalue weighted by Gasteiger charge is 2.40. The van der Waals surface area contributed by atoms with Crippen LogP contribution in [0.4, 0.5) is 0 Å². The van der Waals surface area contributed by atoms with Crippen molar-refractivity contribution in [1.82, 2.24) is 19.6 Å². The van der Waals surface area contributed by atoms with E-state index in [1.165, 1.54) is 19.3 Å². The van der Waals surface area contributed by atoms with Crippen molar-refractivity contribution < 1.29 is 14.3 Å². The molecular formula is C20H32N4O3. The zero-order valence-corrected chi connectivity index (χ0v) is 16.4. The number of piperidine rings is 1. The number of hydrogen-bond acceptors (Lipinski definition) is 5. The molecule has 27 heavy (non-hydrogen) atoms. The third kappa shape index (κ3) is 4.36. The van der Waals surface area contributed by atoms with Crippen molar-refractivity contribution in [2.75, 3.05) is 46.0 Å². The molecule has 0 aliphatic carbocycles. The number of morpholine rings is 1. The van der Waals surface area contributed by atoms with E-state index in [4.69, 9.17) is 9.47 Å². The van der Waals surface area contributed by atoms with Crippen LogP contribution in [0.3, 0.4) is 0 Å². The molecule has 3 aliphatic heterocycles. The van der Waals surface area contributed by atoms with Crippen molar-refractivity contribution in [3.05, 3.63) is 18.0 Å². The third-order valence-corrected chi connectivity index (χ3v) is 6.16. The molecule has 3 aliphatic rings. The number of carbonyl (C=O) groups excluding carboxylic acids is 1. The van der Waals surface area contributed by atoms with E-state index < -0.39 is 0 Å². The van der Waals surface area contributed by atoms with Crippen LogP contribution in [0.15, 0.2) is 12.4 Å². The second-order valence-electron chi connectivity index (χ2n) is 8.08. The van der Waals surface area contributed by atoms with Crippen molar-refractivity contribution in [3.8, 4) is 0 Å². The van der Waals surface area contributed by atoms with Gasteiger partial charge in [0.05, 0.1) is 24.9 Å². The maximum atomic E-state index is 13.4. The van der Waals surface area contributed by atoms with Crippen molar-refractivity contribution in [2.24, 2.45) is 13.0 Å². The van der Waals surface area contributed by atoms with Crippen molar-refractivity contribution in [2.45, 2.75) is 44.2 Å². The molecule has 150 valence electrons. The maximum Gasteiger partial charge on any atom is 0.226 e.